The largest absolute Gasteiger partial charge is 0.357 e. The first kappa shape index (κ1) is 10.4. The molecule has 0 saturated carbocycles. The van der Waals surface area contributed by atoms with Crippen LogP contribution in [0.25, 0.3) is 0 Å². The molecule has 0 aromatic carbocycles. The molecule has 2 heterocycles. The van der Waals surface area contributed by atoms with Gasteiger partial charge in [0.25, 0.3) is 0 Å². The number of anilines is 1. The minimum absolute atomic E-state index is 0.675. The summed E-state index contributed by atoms with van der Waals surface area (Å²) in [7, 11) is 1.83. The number of aryl methyl sites for hydroxylation is 1. The Bertz CT molecular complexity index is 440. The number of rotatable bonds is 3. The molecule has 0 spiro atoms. The van der Waals surface area contributed by atoms with Gasteiger partial charge >= 0.3 is 0 Å². The number of hydrogen-bond acceptors (Lipinski definition) is 5. The van der Waals surface area contributed by atoms with Crippen molar-refractivity contribution >= 4 is 29.0 Å². The van der Waals surface area contributed by atoms with Crippen LogP contribution in [0, 0.1) is 6.92 Å². The normalized spacial score (nSPS) is 10.3. The zero-order valence-corrected chi connectivity index (χ0v) is 10.2. The van der Waals surface area contributed by atoms with Gasteiger partial charge in [-0.05, 0) is 24.4 Å². The fourth-order valence-corrected chi connectivity index (χ4v) is 2.91. The van der Waals surface area contributed by atoms with Crippen LogP contribution in [0.15, 0.2) is 32.8 Å². The Hall–Kier alpha value is -1.07. The highest BCUT2D eigenvalue weighted by Crippen LogP contribution is 2.30. The Morgan fingerprint density at radius 3 is 2.93 bits per heavy atom. The van der Waals surface area contributed by atoms with E-state index in [9.17, 15) is 0 Å². The lowest BCUT2D eigenvalue weighted by Crippen LogP contribution is -1.98. The van der Waals surface area contributed by atoms with E-state index in [0.29, 0.717) is 5.95 Å². The van der Waals surface area contributed by atoms with Gasteiger partial charge in [-0.2, -0.15) is 0 Å². The van der Waals surface area contributed by atoms with Crippen LogP contribution < -0.4 is 5.32 Å². The second kappa shape index (κ2) is 4.63. The second-order valence-corrected chi connectivity index (χ2v) is 5.22. The van der Waals surface area contributed by atoms with Crippen molar-refractivity contribution < 1.29 is 0 Å². The van der Waals surface area contributed by atoms with E-state index in [1.807, 2.05) is 26.1 Å². The van der Waals surface area contributed by atoms with Crippen LogP contribution in [0.2, 0.25) is 0 Å². The fourth-order valence-electron chi connectivity index (χ4n) is 1.13. The molecule has 0 unspecified atom stereocenters. The molecule has 0 aliphatic rings. The molecule has 0 radical (unpaired) electrons. The molecule has 5 heteroatoms. The topological polar surface area (TPSA) is 37.8 Å². The van der Waals surface area contributed by atoms with Crippen LogP contribution in [0.4, 0.5) is 5.95 Å². The molecule has 0 saturated heterocycles. The highest BCUT2D eigenvalue weighted by Gasteiger charge is 2.03. The third-order valence-corrected chi connectivity index (χ3v) is 3.71. The summed E-state index contributed by atoms with van der Waals surface area (Å²) in [6.07, 6.45) is 0. The summed E-state index contributed by atoms with van der Waals surface area (Å²) in [5.41, 5.74) is 0.980. The van der Waals surface area contributed by atoms with Crippen LogP contribution in [0.5, 0.6) is 0 Å². The molecule has 0 aliphatic carbocycles. The van der Waals surface area contributed by atoms with E-state index in [4.69, 9.17) is 0 Å². The zero-order valence-electron chi connectivity index (χ0n) is 8.52. The van der Waals surface area contributed by atoms with Crippen LogP contribution in [-0.4, -0.2) is 17.0 Å². The minimum Gasteiger partial charge on any atom is -0.357 e. The summed E-state index contributed by atoms with van der Waals surface area (Å²) < 4.78 is 1.25. The van der Waals surface area contributed by atoms with Gasteiger partial charge in [0.05, 0.1) is 4.21 Å². The van der Waals surface area contributed by atoms with Crippen LogP contribution in [0.3, 0.4) is 0 Å². The van der Waals surface area contributed by atoms with E-state index in [1.54, 1.807) is 23.1 Å². The predicted molar refractivity (Wildman–Crippen MR) is 64.8 cm³/mol. The molecule has 0 fully saturated rings. The van der Waals surface area contributed by atoms with Crippen molar-refractivity contribution in [1.29, 1.82) is 0 Å². The summed E-state index contributed by atoms with van der Waals surface area (Å²) in [5.74, 6) is 0.675. The Labute approximate surface area is 97.0 Å². The third kappa shape index (κ3) is 2.70. The molecule has 1 N–H and O–H groups in total. The molecular formula is C10H11N3S2. The molecule has 0 bridgehead atoms. The highest BCUT2D eigenvalue weighted by molar-refractivity contribution is 8.01. The van der Waals surface area contributed by atoms with Crippen molar-refractivity contribution in [3.63, 3.8) is 0 Å². The Morgan fingerprint density at radius 2 is 2.27 bits per heavy atom. The third-order valence-electron chi connectivity index (χ3n) is 1.75. The highest BCUT2D eigenvalue weighted by atomic mass is 32.2. The summed E-state index contributed by atoms with van der Waals surface area (Å²) in [6, 6.07) is 6.12. The maximum atomic E-state index is 4.37. The van der Waals surface area contributed by atoms with E-state index >= 15 is 0 Å². The van der Waals surface area contributed by atoms with E-state index in [-0.39, 0.29) is 0 Å². The van der Waals surface area contributed by atoms with E-state index in [0.717, 1.165) is 10.7 Å². The van der Waals surface area contributed by atoms with Crippen molar-refractivity contribution in [2.24, 2.45) is 0 Å². The Morgan fingerprint density at radius 1 is 1.40 bits per heavy atom. The molecule has 0 atom stereocenters. The molecule has 15 heavy (non-hydrogen) atoms. The molecule has 2 aromatic heterocycles. The quantitative estimate of drug-likeness (QED) is 0.833. The molecule has 2 aromatic rings. The van der Waals surface area contributed by atoms with E-state index < -0.39 is 0 Å². The van der Waals surface area contributed by atoms with Crippen molar-refractivity contribution in [2.45, 2.75) is 16.2 Å². The number of nitrogens with one attached hydrogen (secondary N) is 1. The summed E-state index contributed by atoms with van der Waals surface area (Å²) >= 11 is 3.38. The van der Waals surface area contributed by atoms with Crippen molar-refractivity contribution in [1.82, 2.24) is 9.97 Å². The minimum atomic E-state index is 0.675. The average Bonchev–Trinajstić information content (AvgIpc) is 2.69. The lowest BCUT2D eigenvalue weighted by Gasteiger charge is -2.03. The Kier molecular flexibility index (Phi) is 3.23. The van der Waals surface area contributed by atoms with Gasteiger partial charge < -0.3 is 5.32 Å². The van der Waals surface area contributed by atoms with Crippen LogP contribution >= 0.6 is 23.1 Å². The van der Waals surface area contributed by atoms with Crippen LogP contribution in [-0.2, 0) is 0 Å². The monoisotopic (exact) mass is 237 g/mol. The van der Waals surface area contributed by atoms with Gasteiger partial charge in [0.2, 0.25) is 5.95 Å². The first-order chi connectivity index (χ1) is 7.28. The number of hydrogen-bond donors (Lipinski definition) is 1. The first-order valence-electron chi connectivity index (χ1n) is 4.53. The van der Waals surface area contributed by atoms with Gasteiger partial charge in [-0.3, -0.25) is 0 Å². The Balaban J connectivity index is 2.24. The van der Waals surface area contributed by atoms with Gasteiger partial charge in [0.1, 0.15) is 5.03 Å². The number of thiophene rings is 1. The number of nitrogens with zero attached hydrogens (tertiary/aromatic N) is 2. The van der Waals surface area contributed by atoms with Gasteiger partial charge in [0, 0.05) is 12.7 Å². The number of aromatic nitrogens is 2. The van der Waals surface area contributed by atoms with E-state index in [2.05, 4.69) is 26.7 Å². The standard InChI is InChI=1S/C10H11N3S2/c1-7-6-8(13-10(11-2)12-7)15-9-4-3-5-14-9/h3-6H,1-2H3,(H,11,12,13). The molecule has 0 amide bonds. The molecule has 0 aliphatic heterocycles. The van der Waals surface area contributed by atoms with Crippen LogP contribution in [0.1, 0.15) is 5.69 Å². The maximum Gasteiger partial charge on any atom is 0.223 e. The summed E-state index contributed by atoms with van der Waals surface area (Å²) in [4.78, 5) is 8.62. The van der Waals surface area contributed by atoms with Crippen molar-refractivity contribution in [3.05, 3.63) is 29.3 Å². The van der Waals surface area contributed by atoms with Crippen molar-refractivity contribution in [2.75, 3.05) is 12.4 Å². The maximum absolute atomic E-state index is 4.37. The van der Waals surface area contributed by atoms with Crippen molar-refractivity contribution in [3.8, 4) is 0 Å². The SMILES string of the molecule is CNc1nc(C)cc(Sc2cccs2)n1. The lowest BCUT2D eigenvalue weighted by molar-refractivity contribution is 1.01. The molecule has 78 valence electrons. The van der Waals surface area contributed by atoms with Gasteiger partial charge in [-0.25, -0.2) is 9.97 Å². The van der Waals surface area contributed by atoms with Gasteiger partial charge in [-0.15, -0.1) is 11.3 Å². The smallest absolute Gasteiger partial charge is 0.223 e. The lowest BCUT2D eigenvalue weighted by atomic mass is 10.5. The average molecular weight is 237 g/mol. The van der Waals surface area contributed by atoms with Gasteiger partial charge in [0.15, 0.2) is 0 Å². The zero-order chi connectivity index (χ0) is 10.7. The second-order valence-electron chi connectivity index (χ2n) is 2.96. The summed E-state index contributed by atoms with van der Waals surface area (Å²) in [6.45, 7) is 1.97. The molecular weight excluding hydrogens is 226 g/mol. The summed E-state index contributed by atoms with van der Waals surface area (Å²) in [5, 5.41) is 6.00. The first-order valence-corrected chi connectivity index (χ1v) is 6.22. The van der Waals surface area contributed by atoms with Gasteiger partial charge in [-0.1, -0.05) is 17.8 Å². The molecule has 2 rings (SSSR count). The fraction of sp³-hybridized carbons (Fsp3) is 0.200. The predicted octanol–water partition coefficient (Wildman–Crippen LogP) is 3.04. The van der Waals surface area contributed by atoms with E-state index in [1.165, 1.54) is 4.21 Å². The molecule has 3 nitrogen and oxygen atoms in total.